The van der Waals surface area contributed by atoms with Crippen molar-refractivity contribution in [3.8, 4) is 11.1 Å². The monoisotopic (exact) mass is 408 g/mol. The summed E-state index contributed by atoms with van der Waals surface area (Å²) in [4.78, 5) is 27.3. The fraction of sp³-hybridized carbons (Fsp3) is 0.360. The Kier molecular flexibility index (Phi) is 7.03. The summed E-state index contributed by atoms with van der Waals surface area (Å²) >= 11 is 0. The summed E-state index contributed by atoms with van der Waals surface area (Å²) in [5, 5.41) is 2.94. The molecule has 0 bridgehead atoms. The van der Waals surface area contributed by atoms with Crippen LogP contribution in [0.25, 0.3) is 11.1 Å². The van der Waals surface area contributed by atoms with Crippen LogP contribution in [0.4, 0.5) is 4.39 Å². The van der Waals surface area contributed by atoms with Crippen LogP contribution in [-0.4, -0.2) is 36.3 Å². The fourth-order valence-electron chi connectivity index (χ4n) is 4.22. The Hall–Kier alpha value is -2.95. The minimum absolute atomic E-state index is 0.0471. The summed E-state index contributed by atoms with van der Waals surface area (Å²) in [7, 11) is 0. The van der Waals surface area contributed by atoms with Gasteiger partial charge in [-0.1, -0.05) is 55.5 Å². The molecule has 30 heavy (non-hydrogen) atoms. The van der Waals surface area contributed by atoms with Crippen molar-refractivity contribution in [1.82, 2.24) is 10.2 Å². The van der Waals surface area contributed by atoms with E-state index >= 15 is 0 Å². The molecule has 0 aliphatic carbocycles. The fourth-order valence-corrected chi connectivity index (χ4v) is 4.22. The van der Waals surface area contributed by atoms with Crippen molar-refractivity contribution in [2.75, 3.05) is 19.6 Å². The van der Waals surface area contributed by atoms with E-state index in [1.807, 2.05) is 42.2 Å². The zero-order valence-electron chi connectivity index (χ0n) is 17.5. The molecule has 1 aliphatic heterocycles. The van der Waals surface area contributed by atoms with Gasteiger partial charge in [-0.3, -0.25) is 9.59 Å². The summed E-state index contributed by atoms with van der Waals surface area (Å²) in [6.07, 6.45) is 4.13. The molecule has 1 fully saturated rings. The van der Waals surface area contributed by atoms with Crippen LogP contribution in [0, 0.1) is 11.2 Å². The first-order valence-corrected chi connectivity index (χ1v) is 10.5. The van der Waals surface area contributed by atoms with Crippen molar-refractivity contribution in [1.29, 1.82) is 0 Å². The molecule has 4 nitrogen and oxygen atoms in total. The van der Waals surface area contributed by atoms with Crippen molar-refractivity contribution in [3.63, 3.8) is 0 Å². The highest BCUT2D eigenvalue weighted by Gasteiger charge is 2.43. The molecule has 0 radical (unpaired) electrons. The minimum atomic E-state index is -0.675. The topological polar surface area (TPSA) is 49.4 Å². The van der Waals surface area contributed by atoms with Crippen LogP contribution < -0.4 is 5.32 Å². The highest BCUT2D eigenvalue weighted by atomic mass is 19.1. The zero-order valence-corrected chi connectivity index (χ0v) is 17.5. The van der Waals surface area contributed by atoms with Gasteiger partial charge in [0.2, 0.25) is 11.8 Å². The van der Waals surface area contributed by atoms with Crippen LogP contribution in [0.1, 0.15) is 31.7 Å². The van der Waals surface area contributed by atoms with Gasteiger partial charge in [-0.25, -0.2) is 4.39 Å². The lowest BCUT2D eigenvalue weighted by atomic mass is 9.74. The van der Waals surface area contributed by atoms with E-state index in [1.54, 1.807) is 18.2 Å². The summed E-state index contributed by atoms with van der Waals surface area (Å²) in [5.74, 6) is -0.230. The lowest BCUT2D eigenvalue weighted by Gasteiger charge is -2.42. The number of halogens is 1. The number of rotatable bonds is 7. The average Bonchev–Trinajstić information content (AvgIpc) is 2.78. The van der Waals surface area contributed by atoms with Gasteiger partial charge in [0.1, 0.15) is 5.82 Å². The largest absolute Gasteiger partial charge is 0.352 e. The number of benzene rings is 2. The number of carbonyl (C=O) groups is 2. The molecule has 0 spiro atoms. The highest BCUT2D eigenvalue weighted by molar-refractivity contribution is 5.85. The maximum absolute atomic E-state index is 14.1. The standard InChI is InChI=1S/C25H29FN2O2/c1-3-15-27-24(30)25(14-7-16-28(18-25)23(29)4-2)17-19-10-12-20(13-11-19)21-8-5-6-9-22(21)26/h3,5-6,8-13H,1,4,7,14-18H2,2H3,(H,27,30)/t25-/m0/s1. The van der Waals surface area contributed by atoms with Gasteiger partial charge in [-0.05, 0) is 36.5 Å². The third-order valence-corrected chi connectivity index (χ3v) is 5.80. The van der Waals surface area contributed by atoms with Crippen LogP contribution >= 0.6 is 0 Å². The molecule has 1 N–H and O–H groups in total. The van der Waals surface area contributed by atoms with Crippen molar-refractivity contribution in [2.45, 2.75) is 32.6 Å². The Morgan fingerprint density at radius 1 is 1.20 bits per heavy atom. The molecule has 158 valence electrons. The smallest absolute Gasteiger partial charge is 0.228 e. The van der Waals surface area contributed by atoms with Gasteiger partial charge < -0.3 is 10.2 Å². The zero-order chi connectivity index (χ0) is 21.6. The molecule has 3 rings (SSSR count). The molecule has 5 heteroatoms. The van der Waals surface area contributed by atoms with Crippen LogP contribution in [-0.2, 0) is 16.0 Å². The van der Waals surface area contributed by atoms with E-state index in [-0.39, 0.29) is 17.6 Å². The molecule has 0 saturated carbocycles. The van der Waals surface area contributed by atoms with Gasteiger partial charge >= 0.3 is 0 Å². The number of carbonyl (C=O) groups excluding carboxylic acids is 2. The number of nitrogens with one attached hydrogen (secondary N) is 1. The van der Waals surface area contributed by atoms with Crippen LogP contribution in [0.15, 0.2) is 61.2 Å². The van der Waals surface area contributed by atoms with Gasteiger partial charge in [0, 0.05) is 31.6 Å². The van der Waals surface area contributed by atoms with Gasteiger partial charge in [-0.2, -0.15) is 0 Å². The quantitative estimate of drug-likeness (QED) is 0.692. The number of hydrogen-bond donors (Lipinski definition) is 1. The molecule has 2 aromatic carbocycles. The molecule has 2 amide bonds. The normalized spacial score (nSPS) is 18.7. The second-order valence-corrected chi connectivity index (χ2v) is 7.90. The van der Waals surface area contributed by atoms with Crippen molar-refractivity contribution in [3.05, 3.63) is 72.6 Å². The summed E-state index contributed by atoms with van der Waals surface area (Å²) in [5.41, 5.74) is 1.67. The molecular formula is C25H29FN2O2. The summed E-state index contributed by atoms with van der Waals surface area (Å²) in [6, 6.07) is 14.4. The number of amides is 2. The van der Waals surface area contributed by atoms with Crippen molar-refractivity contribution < 1.29 is 14.0 Å². The SMILES string of the molecule is C=CCNC(=O)[C@]1(Cc2ccc(-c3ccccc3F)cc2)CCCN(C(=O)CC)C1. The van der Waals surface area contributed by atoms with E-state index in [4.69, 9.17) is 0 Å². The first kappa shape index (κ1) is 21.8. The molecular weight excluding hydrogens is 379 g/mol. The van der Waals surface area contributed by atoms with E-state index in [1.165, 1.54) is 6.07 Å². The van der Waals surface area contributed by atoms with Gasteiger partial charge in [0.25, 0.3) is 0 Å². The van der Waals surface area contributed by atoms with Crippen molar-refractivity contribution >= 4 is 11.8 Å². The third-order valence-electron chi connectivity index (χ3n) is 5.80. The highest BCUT2D eigenvalue weighted by Crippen LogP contribution is 2.35. The molecule has 0 unspecified atom stereocenters. The Morgan fingerprint density at radius 2 is 1.93 bits per heavy atom. The Bertz CT molecular complexity index is 910. The van der Waals surface area contributed by atoms with E-state index in [9.17, 15) is 14.0 Å². The minimum Gasteiger partial charge on any atom is -0.352 e. The van der Waals surface area contributed by atoms with E-state index < -0.39 is 5.41 Å². The predicted molar refractivity (Wildman–Crippen MR) is 117 cm³/mol. The third kappa shape index (κ3) is 4.78. The van der Waals surface area contributed by atoms with Crippen LogP contribution in [0.5, 0.6) is 0 Å². The molecule has 1 aliphatic rings. The Labute approximate surface area is 177 Å². The maximum atomic E-state index is 14.1. The van der Waals surface area contributed by atoms with E-state index in [2.05, 4.69) is 11.9 Å². The summed E-state index contributed by atoms with van der Waals surface area (Å²) in [6.45, 7) is 7.02. The molecule has 1 atom stereocenters. The first-order valence-electron chi connectivity index (χ1n) is 10.5. The molecule has 2 aromatic rings. The maximum Gasteiger partial charge on any atom is 0.228 e. The number of hydrogen-bond acceptors (Lipinski definition) is 2. The van der Waals surface area contributed by atoms with Crippen LogP contribution in [0.3, 0.4) is 0 Å². The Balaban J connectivity index is 1.85. The molecule has 1 saturated heterocycles. The second-order valence-electron chi connectivity index (χ2n) is 7.90. The second kappa shape index (κ2) is 9.70. The molecule has 0 aromatic heterocycles. The first-order chi connectivity index (χ1) is 14.5. The summed E-state index contributed by atoms with van der Waals surface area (Å²) < 4.78 is 14.1. The van der Waals surface area contributed by atoms with E-state index in [0.717, 1.165) is 24.0 Å². The van der Waals surface area contributed by atoms with Crippen LogP contribution in [0.2, 0.25) is 0 Å². The van der Waals surface area contributed by atoms with Gasteiger partial charge in [0.05, 0.1) is 5.41 Å². The number of piperidine rings is 1. The van der Waals surface area contributed by atoms with E-state index in [0.29, 0.717) is 38.0 Å². The number of nitrogens with zero attached hydrogens (tertiary/aromatic N) is 1. The Morgan fingerprint density at radius 3 is 2.60 bits per heavy atom. The van der Waals surface area contributed by atoms with Gasteiger partial charge in [-0.15, -0.1) is 6.58 Å². The van der Waals surface area contributed by atoms with Gasteiger partial charge in [0.15, 0.2) is 0 Å². The lowest BCUT2D eigenvalue weighted by molar-refractivity contribution is -0.141. The lowest BCUT2D eigenvalue weighted by Crippen LogP contribution is -2.54. The number of likely N-dealkylation sites (tertiary alicyclic amines) is 1. The average molecular weight is 409 g/mol. The molecule has 1 heterocycles. The van der Waals surface area contributed by atoms with Crippen molar-refractivity contribution in [2.24, 2.45) is 5.41 Å². The predicted octanol–water partition coefficient (Wildman–Crippen LogP) is 4.36.